The summed E-state index contributed by atoms with van der Waals surface area (Å²) in [5.74, 6) is -0.240. The molecule has 2 saturated carbocycles. The largest absolute Gasteiger partial charge is 0.364 e. The summed E-state index contributed by atoms with van der Waals surface area (Å²) in [7, 11) is 0. The van der Waals surface area contributed by atoms with Crippen LogP contribution in [0.15, 0.2) is 49.1 Å². The maximum absolute atomic E-state index is 14.6. The summed E-state index contributed by atoms with van der Waals surface area (Å²) in [6.45, 7) is 0.459. The van der Waals surface area contributed by atoms with Crippen molar-refractivity contribution in [2.24, 2.45) is 5.92 Å². The summed E-state index contributed by atoms with van der Waals surface area (Å²) in [6, 6.07) is 10.6. The molecule has 36 heavy (non-hydrogen) atoms. The van der Waals surface area contributed by atoms with E-state index in [2.05, 4.69) is 37.8 Å². The van der Waals surface area contributed by atoms with Crippen LogP contribution in [0.2, 0.25) is 5.02 Å². The van der Waals surface area contributed by atoms with Crippen LogP contribution in [0.1, 0.15) is 53.5 Å². The minimum atomic E-state index is -0.639. The number of halogens is 2. The Morgan fingerprint density at radius 3 is 2.83 bits per heavy atom. The second kappa shape index (κ2) is 8.88. The van der Waals surface area contributed by atoms with E-state index >= 15 is 0 Å². The molecule has 1 aromatic carbocycles. The first kappa shape index (κ1) is 22.4. The highest BCUT2D eigenvalue weighted by Gasteiger charge is 2.47. The fourth-order valence-electron chi connectivity index (χ4n) is 4.56. The zero-order valence-corrected chi connectivity index (χ0v) is 19.8. The van der Waals surface area contributed by atoms with E-state index in [1.165, 1.54) is 36.9 Å². The van der Waals surface area contributed by atoms with Crippen molar-refractivity contribution in [2.45, 2.75) is 37.6 Å². The van der Waals surface area contributed by atoms with Gasteiger partial charge >= 0.3 is 0 Å². The molecule has 2 aliphatic rings. The molecule has 3 heterocycles. The number of imidazole rings is 1. The van der Waals surface area contributed by atoms with Crippen LogP contribution in [0, 0.1) is 23.1 Å². The zero-order chi connectivity index (χ0) is 24.8. The third kappa shape index (κ3) is 4.36. The van der Waals surface area contributed by atoms with E-state index in [0.29, 0.717) is 30.5 Å². The highest BCUT2D eigenvalue weighted by molar-refractivity contribution is 6.30. The molecule has 4 aromatic rings. The minimum Gasteiger partial charge on any atom is -0.364 e. The lowest BCUT2D eigenvalue weighted by Crippen LogP contribution is -2.16. The molecule has 0 aliphatic heterocycles. The Kier molecular flexibility index (Phi) is 5.53. The molecule has 0 bridgehead atoms. The number of hydrogen-bond donors (Lipinski definition) is 2. The van der Waals surface area contributed by atoms with Crippen LogP contribution in [0.25, 0.3) is 5.65 Å². The van der Waals surface area contributed by atoms with Crippen molar-refractivity contribution in [1.29, 1.82) is 5.26 Å². The third-order valence-electron chi connectivity index (χ3n) is 6.69. The number of carbonyl (C=O) groups excluding carboxylic acids is 1. The van der Waals surface area contributed by atoms with Crippen molar-refractivity contribution in [3.8, 4) is 6.07 Å². The number of rotatable bonds is 7. The fourth-order valence-corrected chi connectivity index (χ4v) is 4.72. The lowest BCUT2D eigenvalue weighted by atomic mass is 10.0. The highest BCUT2D eigenvalue weighted by atomic mass is 35.5. The molecule has 0 spiro atoms. The lowest BCUT2D eigenvalue weighted by molar-refractivity contribution is -0.117. The van der Waals surface area contributed by atoms with E-state index in [-0.39, 0.29) is 22.1 Å². The monoisotopic (exact) mass is 501 g/mol. The van der Waals surface area contributed by atoms with Gasteiger partial charge in [-0.3, -0.25) is 4.79 Å². The average Bonchev–Trinajstić information content (AvgIpc) is 3.81. The first-order valence-electron chi connectivity index (χ1n) is 11.7. The molecule has 2 atom stereocenters. The van der Waals surface area contributed by atoms with Crippen molar-refractivity contribution in [3.05, 3.63) is 82.3 Å². The first-order valence-corrected chi connectivity index (χ1v) is 12.1. The summed E-state index contributed by atoms with van der Waals surface area (Å²) < 4.78 is 16.6. The number of amides is 1. The zero-order valence-electron chi connectivity index (χ0n) is 19.1. The number of hydrogen-bond acceptors (Lipinski definition) is 6. The van der Waals surface area contributed by atoms with Crippen LogP contribution in [0.3, 0.4) is 0 Å². The van der Waals surface area contributed by atoms with E-state index in [1.54, 1.807) is 6.07 Å². The number of nitrogens with zero attached hydrogens (tertiary/aromatic N) is 5. The van der Waals surface area contributed by atoms with E-state index in [0.717, 1.165) is 11.3 Å². The van der Waals surface area contributed by atoms with Crippen LogP contribution < -0.4 is 10.6 Å². The van der Waals surface area contributed by atoms with E-state index in [1.807, 2.05) is 22.7 Å². The van der Waals surface area contributed by atoms with Crippen molar-refractivity contribution < 1.29 is 9.18 Å². The lowest BCUT2D eigenvalue weighted by Gasteiger charge is -2.08. The van der Waals surface area contributed by atoms with Gasteiger partial charge in [0.05, 0.1) is 28.9 Å². The van der Waals surface area contributed by atoms with Gasteiger partial charge < -0.3 is 15.0 Å². The smallest absolute Gasteiger partial charge is 0.229 e. The van der Waals surface area contributed by atoms with Gasteiger partial charge in [-0.15, -0.1) is 0 Å². The SMILES string of the molecule is N#Cc1ccc(Cl)c(F)c1C1CC1C(=O)Nc1cc(NCc2cn3cc(C4CC4)ccc3n2)ncn1. The van der Waals surface area contributed by atoms with Crippen molar-refractivity contribution in [2.75, 3.05) is 10.6 Å². The standard InChI is InChI=1S/C26H21ClFN7O/c27-20-5-3-15(9-29)24(25(20)28)18-7-19(18)26(36)34-22-8-21(31-13-32-22)30-10-17-12-35-11-16(14-1-2-14)4-6-23(35)33-17/h3-6,8,11-14,18-19H,1-2,7,10H2,(H2,30,31,32,34,36). The van der Waals surface area contributed by atoms with Crippen LogP contribution in [-0.2, 0) is 11.3 Å². The molecule has 2 unspecified atom stereocenters. The molecular formula is C26H21ClFN7O. The van der Waals surface area contributed by atoms with Crippen molar-refractivity contribution in [1.82, 2.24) is 19.4 Å². The number of nitriles is 1. The predicted molar refractivity (Wildman–Crippen MR) is 132 cm³/mol. The second-order valence-electron chi connectivity index (χ2n) is 9.25. The maximum atomic E-state index is 14.6. The Bertz CT molecular complexity index is 1540. The van der Waals surface area contributed by atoms with Gasteiger partial charge in [0, 0.05) is 35.9 Å². The summed E-state index contributed by atoms with van der Waals surface area (Å²) >= 11 is 5.89. The van der Waals surface area contributed by atoms with E-state index in [4.69, 9.17) is 11.6 Å². The van der Waals surface area contributed by atoms with Crippen LogP contribution >= 0.6 is 11.6 Å². The molecule has 8 nitrogen and oxygen atoms in total. The summed E-state index contributed by atoms with van der Waals surface area (Å²) in [6.07, 6.45) is 8.43. The van der Waals surface area contributed by atoms with Crippen LogP contribution in [-0.4, -0.2) is 25.3 Å². The van der Waals surface area contributed by atoms with Crippen LogP contribution in [0.4, 0.5) is 16.0 Å². The second-order valence-corrected chi connectivity index (χ2v) is 9.66. The number of benzene rings is 1. The quantitative estimate of drug-likeness (QED) is 0.368. The number of anilines is 2. The van der Waals surface area contributed by atoms with Gasteiger partial charge in [-0.2, -0.15) is 5.26 Å². The number of nitrogens with one attached hydrogen (secondary N) is 2. The Balaban J connectivity index is 1.10. The van der Waals surface area contributed by atoms with Gasteiger partial charge in [0.15, 0.2) is 0 Å². The summed E-state index contributed by atoms with van der Waals surface area (Å²) in [5, 5.41) is 15.2. The summed E-state index contributed by atoms with van der Waals surface area (Å²) in [4.78, 5) is 25.8. The fraction of sp³-hybridized carbons (Fsp3) is 0.269. The molecule has 2 fully saturated rings. The topological polar surface area (TPSA) is 108 Å². The predicted octanol–water partition coefficient (Wildman–Crippen LogP) is 5.02. The molecule has 10 heteroatoms. The molecule has 2 N–H and O–H groups in total. The Morgan fingerprint density at radius 2 is 2.03 bits per heavy atom. The molecule has 0 saturated heterocycles. The van der Waals surface area contributed by atoms with Gasteiger partial charge in [-0.25, -0.2) is 19.3 Å². The number of aromatic nitrogens is 4. The Morgan fingerprint density at radius 1 is 1.19 bits per heavy atom. The Hall–Kier alpha value is -4.03. The normalized spacial score (nSPS) is 18.6. The van der Waals surface area contributed by atoms with Gasteiger partial charge in [0.25, 0.3) is 0 Å². The Labute approximate surface area is 211 Å². The van der Waals surface area contributed by atoms with Gasteiger partial charge in [0.1, 0.15) is 29.4 Å². The van der Waals surface area contributed by atoms with Gasteiger partial charge in [0.2, 0.25) is 5.91 Å². The highest BCUT2D eigenvalue weighted by Crippen LogP contribution is 2.50. The van der Waals surface area contributed by atoms with Crippen LogP contribution in [0.5, 0.6) is 0 Å². The molecule has 0 radical (unpaired) electrons. The molecule has 6 rings (SSSR count). The number of fused-ring (bicyclic) bond motifs is 1. The number of pyridine rings is 1. The molecule has 2 aliphatic carbocycles. The van der Waals surface area contributed by atoms with Crippen molar-refractivity contribution >= 4 is 34.8 Å². The molecular weight excluding hydrogens is 481 g/mol. The number of carbonyl (C=O) groups is 1. The van der Waals surface area contributed by atoms with E-state index < -0.39 is 17.7 Å². The maximum Gasteiger partial charge on any atom is 0.229 e. The minimum absolute atomic E-state index is 0.0597. The average molecular weight is 502 g/mol. The first-order chi connectivity index (χ1) is 17.5. The molecule has 1 amide bonds. The molecule has 3 aromatic heterocycles. The summed E-state index contributed by atoms with van der Waals surface area (Å²) in [5.41, 5.74) is 3.50. The third-order valence-corrected chi connectivity index (χ3v) is 6.98. The molecule has 180 valence electrons. The van der Waals surface area contributed by atoms with E-state index in [9.17, 15) is 14.4 Å². The van der Waals surface area contributed by atoms with Crippen molar-refractivity contribution in [3.63, 3.8) is 0 Å². The van der Waals surface area contributed by atoms with Gasteiger partial charge in [-0.1, -0.05) is 17.7 Å². The van der Waals surface area contributed by atoms with Gasteiger partial charge in [-0.05, 0) is 48.9 Å².